The van der Waals surface area contributed by atoms with Gasteiger partial charge in [0.05, 0.1) is 5.82 Å². The molecule has 6 N–H and O–H groups in total. The van der Waals surface area contributed by atoms with Crippen LogP contribution in [0.4, 0.5) is 4.39 Å². The average Bonchev–Trinajstić information content (AvgIpc) is 2.15. The van der Waals surface area contributed by atoms with E-state index in [4.69, 9.17) is 17.2 Å². The van der Waals surface area contributed by atoms with Crippen LogP contribution >= 0.6 is 0 Å². The number of rotatable bonds is 2. The molecular weight excluding hydrogens is 181 g/mol. The Bertz CT molecular complexity index is 379. The Morgan fingerprint density at radius 1 is 1.07 bits per heavy atom. The molecule has 0 unspecified atom stereocenters. The van der Waals surface area contributed by atoms with E-state index in [-0.39, 0.29) is 17.3 Å². The fraction of sp³-hybridized carbons (Fsp3) is 0. The lowest BCUT2D eigenvalue weighted by molar-refractivity contribution is 0.624. The minimum absolute atomic E-state index is 0.129. The molecule has 1 aromatic carbocycles. The highest BCUT2D eigenvalue weighted by Gasteiger charge is 2.01. The van der Waals surface area contributed by atoms with Crippen molar-refractivity contribution in [3.63, 3.8) is 0 Å². The van der Waals surface area contributed by atoms with Crippen molar-refractivity contribution in [1.29, 1.82) is 0 Å². The highest BCUT2D eigenvalue weighted by atomic mass is 19.1. The van der Waals surface area contributed by atoms with Crippen molar-refractivity contribution in [2.45, 2.75) is 0 Å². The second kappa shape index (κ2) is 4.32. The number of hydrogen-bond donors (Lipinski definition) is 3. The van der Waals surface area contributed by atoms with E-state index < -0.39 is 0 Å². The predicted molar refractivity (Wildman–Crippen MR) is 55.0 cm³/mol. The molecule has 0 saturated heterocycles. The van der Waals surface area contributed by atoms with Crippen LogP contribution in [-0.4, -0.2) is 0 Å². The number of hydrogen-bond acceptors (Lipinski definition) is 3. The van der Waals surface area contributed by atoms with Gasteiger partial charge in [0.1, 0.15) is 5.82 Å². The van der Waals surface area contributed by atoms with Crippen LogP contribution in [0, 0.1) is 5.82 Å². The second-order valence-corrected chi connectivity index (χ2v) is 2.77. The van der Waals surface area contributed by atoms with Gasteiger partial charge in [-0.2, -0.15) is 0 Å². The molecule has 0 spiro atoms. The molecule has 0 aliphatic rings. The maximum Gasteiger partial charge on any atom is 0.132 e. The molecule has 0 aromatic heterocycles. The lowest BCUT2D eigenvalue weighted by Gasteiger charge is -2.01. The topological polar surface area (TPSA) is 78.1 Å². The normalized spacial score (nSPS) is 11.1. The fourth-order valence-corrected chi connectivity index (χ4v) is 0.971. The quantitative estimate of drug-likeness (QED) is 0.610. The average molecular weight is 193 g/mol. The molecule has 0 aliphatic heterocycles. The van der Waals surface area contributed by atoms with Gasteiger partial charge in [-0.3, -0.25) is 0 Å². The standard InChI is InChI=1S/C10H12FN3/c11-8-4-2-1-3-7(8)9(12)5-6-10(13)14/h1-6H,12-14H2/b9-5-. The molecule has 0 atom stereocenters. The van der Waals surface area contributed by atoms with Gasteiger partial charge in [0, 0.05) is 11.3 Å². The summed E-state index contributed by atoms with van der Waals surface area (Å²) in [6, 6.07) is 6.22. The summed E-state index contributed by atoms with van der Waals surface area (Å²) >= 11 is 0. The van der Waals surface area contributed by atoms with Gasteiger partial charge in [-0.05, 0) is 24.3 Å². The first-order valence-corrected chi connectivity index (χ1v) is 4.04. The zero-order chi connectivity index (χ0) is 10.6. The zero-order valence-corrected chi connectivity index (χ0v) is 7.57. The van der Waals surface area contributed by atoms with Crippen LogP contribution in [0.3, 0.4) is 0 Å². The van der Waals surface area contributed by atoms with Gasteiger partial charge in [0.15, 0.2) is 0 Å². The first kappa shape index (κ1) is 10.1. The monoisotopic (exact) mass is 193 g/mol. The Morgan fingerprint density at radius 2 is 1.71 bits per heavy atom. The van der Waals surface area contributed by atoms with Gasteiger partial charge in [0.25, 0.3) is 0 Å². The van der Waals surface area contributed by atoms with E-state index in [1.807, 2.05) is 0 Å². The van der Waals surface area contributed by atoms with E-state index >= 15 is 0 Å². The highest BCUT2D eigenvalue weighted by molar-refractivity contribution is 5.64. The summed E-state index contributed by atoms with van der Waals surface area (Å²) in [5, 5.41) is 0. The minimum Gasteiger partial charge on any atom is -0.398 e. The third-order valence-electron chi connectivity index (χ3n) is 1.64. The summed E-state index contributed by atoms with van der Waals surface area (Å²) in [5.74, 6) is -0.241. The van der Waals surface area contributed by atoms with Crippen molar-refractivity contribution in [3.05, 3.63) is 53.6 Å². The maximum atomic E-state index is 13.2. The first-order chi connectivity index (χ1) is 6.61. The Balaban J connectivity index is 3.01. The molecule has 0 radical (unpaired) electrons. The van der Waals surface area contributed by atoms with Gasteiger partial charge >= 0.3 is 0 Å². The van der Waals surface area contributed by atoms with E-state index in [1.165, 1.54) is 18.2 Å². The molecule has 1 aromatic rings. The summed E-state index contributed by atoms with van der Waals surface area (Å²) in [4.78, 5) is 0. The molecular formula is C10H12FN3. The lowest BCUT2D eigenvalue weighted by atomic mass is 10.1. The smallest absolute Gasteiger partial charge is 0.132 e. The van der Waals surface area contributed by atoms with Crippen LogP contribution in [0.5, 0.6) is 0 Å². The summed E-state index contributed by atoms with van der Waals surface area (Å²) in [5.41, 5.74) is 16.6. The van der Waals surface area contributed by atoms with Crippen molar-refractivity contribution >= 4 is 5.70 Å². The van der Waals surface area contributed by atoms with Crippen LogP contribution in [0.25, 0.3) is 5.70 Å². The zero-order valence-electron chi connectivity index (χ0n) is 7.57. The van der Waals surface area contributed by atoms with Crippen LogP contribution < -0.4 is 17.2 Å². The number of halogens is 1. The highest BCUT2D eigenvalue weighted by Crippen LogP contribution is 2.12. The van der Waals surface area contributed by atoms with E-state index in [0.29, 0.717) is 5.56 Å². The Kier molecular flexibility index (Phi) is 3.12. The minimum atomic E-state index is -0.370. The van der Waals surface area contributed by atoms with Gasteiger partial charge in [-0.1, -0.05) is 12.1 Å². The SMILES string of the molecule is NC(N)=C/C=C(\N)c1ccccc1F. The molecule has 0 fully saturated rings. The van der Waals surface area contributed by atoms with Crippen LogP contribution in [0.2, 0.25) is 0 Å². The number of benzene rings is 1. The second-order valence-electron chi connectivity index (χ2n) is 2.77. The predicted octanol–water partition coefficient (Wildman–Crippen LogP) is 0.884. The maximum absolute atomic E-state index is 13.2. The number of allylic oxidation sites excluding steroid dienone is 2. The molecule has 0 aliphatic carbocycles. The van der Waals surface area contributed by atoms with Crippen molar-refractivity contribution < 1.29 is 4.39 Å². The third-order valence-corrected chi connectivity index (χ3v) is 1.64. The van der Waals surface area contributed by atoms with Gasteiger partial charge in [-0.15, -0.1) is 0 Å². The molecule has 3 nitrogen and oxygen atoms in total. The summed E-state index contributed by atoms with van der Waals surface area (Å²) in [6.07, 6.45) is 2.88. The Morgan fingerprint density at radius 3 is 2.29 bits per heavy atom. The van der Waals surface area contributed by atoms with E-state index in [1.54, 1.807) is 18.2 Å². The van der Waals surface area contributed by atoms with Crippen molar-refractivity contribution in [3.8, 4) is 0 Å². The van der Waals surface area contributed by atoms with Gasteiger partial charge in [-0.25, -0.2) is 4.39 Å². The van der Waals surface area contributed by atoms with E-state index in [0.717, 1.165) is 0 Å². The Labute approximate surface area is 81.7 Å². The van der Waals surface area contributed by atoms with Crippen LogP contribution in [0.1, 0.15) is 5.56 Å². The van der Waals surface area contributed by atoms with Crippen LogP contribution in [-0.2, 0) is 0 Å². The van der Waals surface area contributed by atoms with E-state index in [2.05, 4.69) is 0 Å². The first-order valence-electron chi connectivity index (χ1n) is 4.04. The van der Waals surface area contributed by atoms with Crippen LogP contribution in [0.15, 0.2) is 42.2 Å². The summed E-state index contributed by atoms with van der Waals surface area (Å²) in [6.45, 7) is 0. The molecule has 0 bridgehead atoms. The van der Waals surface area contributed by atoms with E-state index in [9.17, 15) is 4.39 Å². The largest absolute Gasteiger partial charge is 0.398 e. The molecule has 0 amide bonds. The third kappa shape index (κ3) is 2.52. The Hall–Kier alpha value is -1.97. The van der Waals surface area contributed by atoms with Crippen molar-refractivity contribution in [2.75, 3.05) is 0 Å². The molecule has 0 heterocycles. The molecule has 74 valence electrons. The molecule has 1 rings (SSSR count). The summed E-state index contributed by atoms with van der Waals surface area (Å²) < 4.78 is 13.2. The summed E-state index contributed by atoms with van der Waals surface area (Å²) in [7, 11) is 0. The molecule has 4 heteroatoms. The van der Waals surface area contributed by atoms with Crippen molar-refractivity contribution in [1.82, 2.24) is 0 Å². The fourth-order valence-electron chi connectivity index (χ4n) is 0.971. The van der Waals surface area contributed by atoms with Gasteiger partial charge < -0.3 is 17.2 Å². The lowest BCUT2D eigenvalue weighted by Crippen LogP contribution is -2.07. The number of nitrogens with two attached hydrogens (primary N) is 3. The van der Waals surface area contributed by atoms with Crippen molar-refractivity contribution in [2.24, 2.45) is 17.2 Å². The molecule has 0 saturated carbocycles. The molecule has 14 heavy (non-hydrogen) atoms. The van der Waals surface area contributed by atoms with Gasteiger partial charge in [0.2, 0.25) is 0 Å².